The van der Waals surface area contributed by atoms with E-state index in [9.17, 15) is 4.79 Å². The molecule has 1 aromatic rings. The van der Waals surface area contributed by atoms with E-state index in [0.717, 1.165) is 36.7 Å². The van der Waals surface area contributed by atoms with Gasteiger partial charge < -0.3 is 15.6 Å². The lowest BCUT2D eigenvalue weighted by Gasteiger charge is -2.29. The van der Waals surface area contributed by atoms with E-state index in [1.807, 2.05) is 16.8 Å². The predicted octanol–water partition coefficient (Wildman–Crippen LogP) is 2.66. The first kappa shape index (κ1) is 14.6. The molecule has 2 unspecified atom stereocenters. The fourth-order valence-corrected chi connectivity index (χ4v) is 3.14. The Labute approximate surface area is 122 Å². The Kier molecular flexibility index (Phi) is 5.05. The maximum Gasteiger partial charge on any atom is 0.268 e. The molecule has 0 bridgehead atoms. The van der Waals surface area contributed by atoms with E-state index in [1.54, 1.807) is 0 Å². The minimum absolute atomic E-state index is 0.0125. The summed E-state index contributed by atoms with van der Waals surface area (Å²) < 4.78 is 2.94. The molecule has 4 nitrogen and oxygen atoms in total. The number of amides is 1. The molecular weight excluding hydrogens is 306 g/mol. The van der Waals surface area contributed by atoms with Crippen molar-refractivity contribution in [1.82, 2.24) is 9.88 Å². The zero-order valence-corrected chi connectivity index (χ0v) is 12.9. The third-order valence-electron chi connectivity index (χ3n) is 3.70. The van der Waals surface area contributed by atoms with E-state index in [1.165, 1.54) is 6.42 Å². The molecule has 3 N–H and O–H groups in total. The summed E-state index contributed by atoms with van der Waals surface area (Å²) in [6.45, 7) is 2.96. The smallest absolute Gasteiger partial charge is 0.268 e. The normalized spacial score (nSPS) is 23.3. The Bertz CT molecular complexity index is 444. The molecule has 1 fully saturated rings. The highest BCUT2D eigenvalue weighted by Gasteiger charge is 2.24. The van der Waals surface area contributed by atoms with Gasteiger partial charge in [-0.2, -0.15) is 0 Å². The molecule has 0 aliphatic heterocycles. The van der Waals surface area contributed by atoms with E-state index in [0.29, 0.717) is 5.69 Å². The summed E-state index contributed by atoms with van der Waals surface area (Å²) in [5, 5.41) is 3.09. The lowest BCUT2D eigenvalue weighted by atomic mass is 9.91. The number of rotatable bonds is 4. The van der Waals surface area contributed by atoms with Crippen molar-refractivity contribution >= 4 is 21.8 Å². The number of aryl methyl sites for hydroxylation is 1. The minimum Gasteiger partial charge on any atom is -0.346 e. The molecule has 2 rings (SSSR count). The molecule has 5 heteroatoms. The SMILES string of the molecule is CCCn1cc(Br)cc1C(=O)NC1CCCCC1N. The van der Waals surface area contributed by atoms with Gasteiger partial charge in [0.25, 0.3) is 5.91 Å². The van der Waals surface area contributed by atoms with Gasteiger partial charge in [0.05, 0.1) is 0 Å². The molecule has 2 atom stereocenters. The van der Waals surface area contributed by atoms with Crippen LogP contribution in [-0.2, 0) is 6.54 Å². The lowest BCUT2D eigenvalue weighted by molar-refractivity contribution is 0.0911. The molecule has 1 amide bonds. The van der Waals surface area contributed by atoms with Crippen molar-refractivity contribution in [2.45, 2.75) is 57.7 Å². The second kappa shape index (κ2) is 6.57. The molecule has 1 aliphatic carbocycles. The van der Waals surface area contributed by atoms with Crippen LogP contribution in [0.15, 0.2) is 16.7 Å². The van der Waals surface area contributed by atoms with Crippen molar-refractivity contribution < 1.29 is 4.79 Å². The monoisotopic (exact) mass is 327 g/mol. The first-order chi connectivity index (χ1) is 9.11. The van der Waals surface area contributed by atoms with Gasteiger partial charge in [-0.25, -0.2) is 0 Å². The Hall–Kier alpha value is -0.810. The topological polar surface area (TPSA) is 60.0 Å². The van der Waals surface area contributed by atoms with Gasteiger partial charge in [-0.3, -0.25) is 4.79 Å². The molecule has 0 aromatic carbocycles. The maximum atomic E-state index is 12.4. The van der Waals surface area contributed by atoms with Crippen molar-refractivity contribution in [3.63, 3.8) is 0 Å². The van der Waals surface area contributed by atoms with Crippen LogP contribution in [0.1, 0.15) is 49.5 Å². The van der Waals surface area contributed by atoms with E-state index in [-0.39, 0.29) is 18.0 Å². The molecule has 1 aliphatic rings. The number of nitrogens with two attached hydrogens (primary N) is 1. The average molecular weight is 328 g/mol. The summed E-state index contributed by atoms with van der Waals surface area (Å²) in [7, 11) is 0. The number of nitrogens with one attached hydrogen (secondary N) is 1. The summed E-state index contributed by atoms with van der Waals surface area (Å²) >= 11 is 3.43. The molecule has 0 spiro atoms. The van der Waals surface area contributed by atoms with Gasteiger partial charge in [0, 0.05) is 29.3 Å². The number of hydrogen-bond acceptors (Lipinski definition) is 2. The molecule has 106 valence electrons. The van der Waals surface area contributed by atoms with Crippen molar-refractivity contribution in [3.05, 3.63) is 22.4 Å². The van der Waals surface area contributed by atoms with Gasteiger partial charge in [0.2, 0.25) is 0 Å². The number of hydrogen-bond donors (Lipinski definition) is 2. The van der Waals surface area contributed by atoms with Crippen LogP contribution in [0.3, 0.4) is 0 Å². The second-order valence-corrected chi connectivity index (χ2v) is 6.18. The van der Waals surface area contributed by atoms with Crippen LogP contribution in [0.5, 0.6) is 0 Å². The highest BCUT2D eigenvalue weighted by Crippen LogP contribution is 2.19. The van der Waals surface area contributed by atoms with Crippen LogP contribution in [0.4, 0.5) is 0 Å². The van der Waals surface area contributed by atoms with Crippen LogP contribution in [0.2, 0.25) is 0 Å². The Morgan fingerprint density at radius 1 is 1.53 bits per heavy atom. The predicted molar refractivity (Wildman–Crippen MR) is 80.1 cm³/mol. The first-order valence-electron chi connectivity index (χ1n) is 7.04. The molecule has 1 heterocycles. The zero-order chi connectivity index (χ0) is 13.8. The highest BCUT2D eigenvalue weighted by atomic mass is 79.9. The molecular formula is C14H22BrN3O. The van der Waals surface area contributed by atoms with Crippen LogP contribution in [0.25, 0.3) is 0 Å². The van der Waals surface area contributed by atoms with Crippen LogP contribution >= 0.6 is 15.9 Å². The molecule has 0 saturated heterocycles. The van der Waals surface area contributed by atoms with Crippen molar-refractivity contribution in [1.29, 1.82) is 0 Å². The number of nitrogens with zero attached hydrogens (tertiary/aromatic N) is 1. The summed E-state index contributed by atoms with van der Waals surface area (Å²) in [5.41, 5.74) is 6.79. The van der Waals surface area contributed by atoms with Gasteiger partial charge >= 0.3 is 0 Å². The third kappa shape index (κ3) is 3.60. The highest BCUT2D eigenvalue weighted by molar-refractivity contribution is 9.10. The summed E-state index contributed by atoms with van der Waals surface area (Å²) in [4.78, 5) is 12.4. The largest absolute Gasteiger partial charge is 0.346 e. The Morgan fingerprint density at radius 2 is 2.26 bits per heavy atom. The summed E-state index contributed by atoms with van der Waals surface area (Å²) in [6, 6.07) is 2.08. The molecule has 19 heavy (non-hydrogen) atoms. The standard InChI is InChI=1S/C14H22BrN3O/c1-2-7-18-9-10(15)8-13(18)14(19)17-12-6-4-3-5-11(12)16/h8-9,11-12H,2-7,16H2,1H3,(H,17,19). The summed E-state index contributed by atoms with van der Waals surface area (Å²) in [5.74, 6) is -0.0125. The number of carbonyl (C=O) groups is 1. The van der Waals surface area contributed by atoms with Crippen molar-refractivity contribution in [2.75, 3.05) is 0 Å². The second-order valence-electron chi connectivity index (χ2n) is 5.27. The Balaban J connectivity index is 2.06. The number of carbonyl (C=O) groups excluding carboxylic acids is 1. The van der Waals surface area contributed by atoms with Crippen molar-refractivity contribution in [3.8, 4) is 0 Å². The van der Waals surface area contributed by atoms with E-state index >= 15 is 0 Å². The van der Waals surface area contributed by atoms with Gasteiger partial charge in [0.1, 0.15) is 5.69 Å². The van der Waals surface area contributed by atoms with Gasteiger partial charge in [0.15, 0.2) is 0 Å². The fraction of sp³-hybridized carbons (Fsp3) is 0.643. The summed E-state index contributed by atoms with van der Waals surface area (Å²) in [6.07, 6.45) is 7.28. The third-order valence-corrected chi connectivity index (χ3v) is 4.13. The lowest BCUT2D eigenvalue weighted by Crippen LogP contribution is -2.49. The van der Waals surface area contributed by atoms with Crippen LogP contribution < -0.4 is 11.1 Å². The molecule has 0 radical (unpaired) electrons. The van der Waals surface area contributed by atoms with Gasteiger partial charge in [-0.15, -0.1) is 0 Å². The first-order valence-corrected chi connectivity index (χ1v) is 7.83. The minimum atomic E-state index is -0.0125. The van der Waals surface area contributed by atoms with Crippen molar-refractivity contribution in [2.24, 2.45) is 5.73 Å². The zero-order valence-electron chi connectivity index (χ0n) is 11.4. The Morgan fingerprint density at radius 3 is 2.95 bits per heavy atom. The maximum absolute atomic E-state index is 12.4. The van der Waals surface area contributed by atoms with E-state index < -0.39 is 0 Å². The van der Waals surface area contributed by atoms with Crippen LogP contribution in [0, 0.1) is 0 Å². The van der Waals surface area contributed by atoms with E-state index in [4.69, 9.17) is 5.73 Å². The van der Waals surface area contributed by atoms with Crippen LogP contribution in [-0.4, -0.2) is 22.6 Å². The molecule has 1 aromatic heterocycles. The fourth-order valence-electron chi connectivity index (χ4n) is 2.67. The number of aromatic nitrogens is 1. The number of halogens is 1. The van der Waals surface area contributed by atoms with E-state index in [2.05, 4.69) is 28.2 Å². The van der Waals surface area contributed by atoms with Gasteiger partial charge in [-0.1, -0.05) is 19.8 Å². The van der Waals surface area contributed by atoms with Gasteiger partial charge in [-0.05, 0) is 41.3 Å². The average Bonchev–Trinajstić information content (AvgIpc) is 2.74. The quantitative estimate of drug-likeness (QED) is 0.893. The molecule has 1 saturated carbocycles.